The van der Waals surface area contributed by atoms with Gasteiger partial charge in [0.15, 0.2) is 5.13 Å². The molecule has 1 fully saturated rings. The van der Waals surface area contributed by atoms with Crippen LogP contribution < -0.4 is 15.5 Å². The van der Waals surface area contributed by atoms with Crippen molar-refractivity contribution < 1.29 is 9.53 Å². The highest BCUT2D eigenvalue weighted by molar-refractivity contribution is 7.17. The Hall–Kier alpha value is -2.12. The zero-order chi connectivity index (χ0) is 16.8. The number of carbonyl (C=O) groups excluding carboxylic acids is 1. The molecule has 1 aromatic heterocycles. The van der Waals surface area contributed by atoms with Crippen LogP contribution in [0.25, 0.3) is 0 Å². The van der Waals surface area contributed by atoms with Crippen LogP contribution in [0.5, 0.6) is 0 Å². The fourth-order valence-electron chi connectivity index (χ4n) is 2.46. The molecule has 0 aliphatic carbocycles. The van der Waals surface area contributed by atoms with Gasteiger partial charge in [-0.05, 0) is 30.7 Å². The Morgan fingerprint density at radius 3 is 2.75 bits per heavy atom. The smallest absolute Gasteiger partial charge is 0.263 e. The molecule has 1 saturated heterocycles. The maximum Gasteiger partial charge on any atom is 0.263 e. The molecule has 0 saturated carbocycles. The van der Waals surface area contributed by atoms with Crippen molar-refractivity contribution in [2.45, 2.75) is 13.3 Å². The molecule has 2 aromatic rings. The monoisotopic (exact) mass is 346 g/mol. The van der Waals surface area contributed by atoms with E-state index >= 15 is 0 Å². The van der Waals surface area contributed by atoms with Crippen molar-refractivity contribution in [3.8, 4) is 0 Å². The number of hydrogen-bond acceptors (Lipinski definition) is 6. The van der Waals surface area contributed by atoms with Gasteiger partial charge in [-0.2, -0.15) is 0 Å². The van der Waals surface area contributed by atoms with E-state index in [1.165, 1.54) is 17.0 Å². The topological polar surface area (TPSA) is 66.5 Å². The lowest BCUT2D eigenvalue weighted by Crippen LogP contribution is -2.36. The number of thiazole rings is 1. The fourth-order valence-corrected chi connectivity index (χ4v) is 3.22. The number of nitrogens with zero attached hydrogens (tertiary/aromatic N) is 2. The van der Waals surface area contributed by atoms with Gasteiger partial charge in [0.25, 0.3) is 5.91 Å². The summed E-state index contributed by atoms with van der Waals surface area (Å²) >= 11 is 1.36. The number of aromatic nitrogens is 1. The minimum absolute atomic E-state index is 0.0648. The van der Waals surface area contributed by atoms with E-state index in [1.807, 2.05) is 19.1 Å². The molecule has 24 heavy (non-hydrogen) atoms. The molecule has 3 rings (SSSR count). The number of carbonyl (C=O) groups is 1. The minimum Gasteiger partial charge on any atom is -0.378 e. The molecule has 2 N–H and O–H groups in total. The first kappa shape index (κ1) is 16.7. The van der Waals surface area contributed by atoms with Crippen molar-refractivity contribution in [2.24, 2.45) is 0 Å². The van der Waals surface area contributed by atoms with E-state index in [0.29, 0.717) is 11.4 Å². The van der Waals surface area contributed by atoms with Gasteiger partial charge in [-0.1, -0.05) is 18.3 Å². The molecular formula is C17H22N4O2S. The van der Waals surface area contributed by atoms with Crippen molar-refractivity contribution in [1.82, 2.24) is 10.3 Å². The quantitative estimate of drug-likeness (QED) is 0.842. The lowest BCUT2D eigenvalue weighted by Gasteiger charge is -2.28. The van der Waals surface area contributed by atoms with Crippen LogP contribution in [0.2, 0.25) is 0 Å². The van der Waals surface area contributed by atoms with Gasteiger partial charge in [0.1, 0.15) is 4.88 Å². The summed E-state index contributed by atoms with van der Waals surface area (Å²) in [6.07, 6.45) is 2.53. The normalized spacial score (nSPS) is 14.5. The van der Waals surface area contributed by atoms with Crippen LogP contribution in [-0.2, 0) is 4.74 Å². The first-order valence-corrected chi connectivity index (χ1v) is 9.01. The predicted octanol–water partition coefficient (Wildman–Crippen LogP) is 2.86. The van der Waals surface area contributed by atoms with Crippen LogP contribution in [0.15, 0.2) is 30.5 Å². The van der Waals surface area contributed by atoms with Crippen molar-refractivity contribution in [1.29, 1.82) is 0 Å². The molecule has 0 unspecified atom stereocenters. The number of nitrogens with one attached hydrogen (secondary N) is 2. The summed E-state index contributed by atoms with van der Waals surface area (Å²) in [6.45, 7) is 6.12. The van der Waals surface area contributed by atoms with Crippen LogP contribution in [0, 0.1) is 0 Å². The molecule has 128 valence electrons. The van der Waals surface area contributed by atoms with Crippen molar-refractivity contribution in [2.75, 3.05) is 43.1 Å². The molecule has 6 nitrogen and oxygen atoms in total. The van der Waals surface area contributed by atoms with Crippen molar-refractivity contribution in [3.63, 3.8) is 0 Å². The van der Waals surface area contributed by atoms with Crippen molar-refractivity contribution in [3.05, 3.63) is 35.3 Å². The maximum absolute atomic E-state index is 11.9. The van der Waals surface area contributed by atoms with E-state index in [4.69, 9.17) is 4.74 Å². The average Bonchev–Trinajstić information content (AvgIpc) is 3.10. The molecule has 0 radical (unpaired) electrons. The highest BCUT2D eigenvalue weighted by Gasteiger charge is 2.12. The second-order valence-electron chi connectivity index (χ2n) is 5.56. The van der Waals surface area contributed by atoms with Crippen LogP contribution in [-0.4, -0.2) is 43.7 Å². The van der Waals surface area contributed by atoms with Gasteiger partial charge in [0.2, 0.25) is 0 Å². The molecular weight excluding hydrogens is 324 g/mol. The van der Waals surface area contributed by atoms with E-state index in [0.717, 1.165) is 43.5 Å². The summed E-state index contributed by atoms with van der Waals surface area (Å²) in [7, 11) is 0. The number of morpholine rings is 1. The number of rotatable bonds is 6. The van der Waals surface area contributed by atoms with E-state index in [9.17, 15) is 4.79 Å². The Bertz CT molecular complexity index is 665. The standard InChI is InChI=1S/C17H22N4O2S/c1-2-7-18-16(22)15-12-19-17(24-15)20-13-3-5-14(6-4-13)21-8-10-23-11-9-21/h3-6,12H,2,7-11H2,1H3,(H,18,22)(H,19,20). The SMILES string of the molecule is CCCNC(=O)c1cnc(Nc2ccc(N3CCOCC3)cc2)s1. The molecule has 2 heterocycles. The summed E-state index contributed by atoms with van der Waals surface area (Å²) in [5.41, 5.74) is 2.16. The third kappa shape index (κ3) is 4.24. The van der Waals surface area contributed by atoms with Gasteiger partial charge in [0.05, 0.1) is 19.4 Å². The van der Waals surface area contributed by atoms with E-state index in [1.54, 1.807) is 6.20 Å². The van der Waals surface area contributed by atoms with Crippen LogP contribution in [0.1, 0.15) is 23.0 Å². The van der Waals surface area contributed by atoms with E-state index in [2.05, 4.69) is 32.7 Å². The maximum atomic E-state index is 11.9. The zero-order valence-electron chi connectivity index (χ0n) is 13.7. The number of benzene rings is 1. The third-order valence-electron chi connectivity index (χ3n) is 3.76. The van der Waals surface area contributed by atoms with E-state index in [-0.39, 0.29) is 5.91 Å². The Balaban J connectivity index is 1.59. The molecule has 1 aliphatic heterocycles. The highest BCUT2D eigenvalue weighted by Crippen LogP contribution is 2.25. The highest BCUT2D eigenvalue weighted by atomic mass is 32.1. The molecule has 0 spiro atoms. The molecule has 0 atom stereocenters. The molecule has 7 heteroatoms. The Labute approximate surface area is 145 Å². The van der Waals surface area contributed by atoms with Crippen molar-refractivity contribution >= 4 is 33.8 Å². The number of hydrogen-bond donors (Lipinski definition) is 2. The first-order valence-electron chi connectivity index (χ1n) is 8.20. The average molecular weight is 346 g/mol. The van der Waals surface area contributed by atoms with Gasteiger partial charge in [0, 0.05) is 31.0 Å². The minimum atomic E-state index is -0.0648. The second kappa shape index (κ2) is 8.12. The Morgan fingerprint density at radius 2 is 2.04 bits per heavy atom. The first-order chi connectivity index (χ1) is 11.8. The molecule has 0 bridgehead atoms. The third-order valence-corrected chi connectivity index (χ3v) is 4.67. The fraction of sp³-hybridized carbons (Fsp3) is 0.412. The predicted molar refractivity (Wildman–Crippen MR) is 97.5 cm³/mol. The van der Waals surface area contributed by atoms with Gasteiger partial charge < -0.3 is 20.3 Å². The van der Waals surface area contributed by atoms with Crippen LogP contribution >= 0.6 is 11.3 Å². The summed E-state index contributed by atoms with van der Waals surface area (Å²) in [5, 5.41) is 6.83. The molecule has 1 aromatic carbocycles. The summed E-state index contributed by atoms with van der Waals surface area (Å²) in [6, 6.07) is 8.25. The van der Waals surface area contributed by atoms with E-state index < -0.39 is 0 Å². The Morgan fingerprint density at radius 1 is 1.29 bits per heavy atom. The lowest BCUT2D eigenvalue weighted by atomic mass is 10.2. The van der Waals surface area contributed by atoms with Gasteiger partial charge in [-0.15, -0.1) is 0 Å². The molecule has 1 aliphatic rings. The van der Waals surface area contributed by atoms with Crippen LogP contribution in [0.4, 0.5) is 16.5 Å². The van der Waals surface area contributed by atoms with Gasteiger partial charge in [-0.3, -0.25) is 4.79 Å². The summed E-state index contributed by atoms with van der Waals surface area (Å²) in [4.78, 5) is 19.1. The second-order valence-corrected chi connectivity index (χ2v) is 6.59. The lowest BCUT2D eigenvalue weighted by molar-refractivity contribution is 0.0957. The largest absolute Gasteiger partial charge is 0.378 e. The molecule has 1 amide bonds. The summed E-state index contributed by atoms with van der Waals surface area (Å²) < 4.78 is 5.38. The number of anilines is 3. The number of amides is 1. The number of ether oxygens (including phenoxy) is 1. The van der Waals surface area contributed by atoms with Gasteiger partial charge in [-0.25, -0.2) is 4.98 Å². The van der Waals surface area contributed by atoms with Gasteiger partial charge >= 0.3 is 0 Å². The summed E-state index contributed by atoms with van der Waals surface area (Å²) in [5.74, 6) is -0.0648. The Kier molecular flexibility index (Phi) is 5.66. The zero-order valence-corrected chi connectivity index (χ0v) is 14.6. The van der Waals surface area contributed by atoms with Crippen LogP contribution in [0.3, 0.4) is 0 Å².